The number of amides is 2. The molecule has 1 aliphatic carbocycles. The van der Waals surface area contributed by atoms with Crippen LogP contribution in [0.3, 0.4) is 0 Å². The van der Waals surface area contributed by atoms with Gasteiger partial charge < -0.3 is 9.64 Å². The summed E-state index contributed by atoms with van der Waals surface area (Å²) in [7, 11) is 0. The maximum atomic E-state index is 13.5. The summed E-state index contributed by atoms with van der Waals surface area (Å²) in [4.78, 5) is 45.4. The Morgan fingerprint density at radius 1 is 1.03 bits per heavy atom. The van der Waals surface area contributed by atoms with Crippen LogP contribution in [-0.4, -0.2) is 47.3 Å². The van der Waals surface area contributed by atoms with E-state index in [-0.39, 0.29) is 17.8 Å². The van der Waals surface area contributed by atoms with Gasteiger partial charge in [0.25, 0.3) is 0 Å². The third-order valence-corrected chi connectivity index (χ3v) is 7.03. The Morgan fingerprint density at radius 3 is 2.53 bits per heavy atom. The van der Waals surface area contributed by atoms with Gasteiger partial charge in [-0.2, -0.15) is 0 Å². The van der Waals surface area contributed by atoms with Gasteiger partial charge in [-0.15, -0.1) is 0 Å². The molecule has 0 N–H and O–H groups in total. The number of pyridine rings is 1. The van der Waals surface area contributed by atoms with Gasteiger partial charge in [0.2, 0.25) is 11.8 Å². The van der Waals surface area contributed by atoms with Crippen LogP contribution in [0.4, 0.5) is 5.82 Å². The number of ether oxygens (including phenoxy) is 1. The molecule has 4 heterocycles. The zero-order valence-corrected chi connectivity index (χ0v) is 16.5. The second-order valence-corrected chi connectivity index (χ2v) is 8.69. The first kappa shape index (κ1) is 17.6. The molecular weight excluding hydrogens is 382 g/mol. The van der Waals surface area contributed by atoms with Crippen molar-refractivity contribution in [1.29, 1.82) is 0 Å². The highest BCUT2D eigenvalue weighted by Crippen LogP contribution is 2.52. The highest BCUT2D eigenvalue weighted by Gasteiger charge is 2.57. The minimum absolute atomic E-state index is 0.0781. The van der Waals surface area contributed by atoms with Crippen LogP contribution in [0.1, 0.15) is 47.2 Å². The molecule has 3 fully saturated rings. The maximum absolute atomic E-state index is 13.5. The number of benzene rings is 1. The fourth-order valence-corrected chi connectivity index (χ4v) is 5.04. The molecule has 30 heavy (non-hydrogen) atoms. The average Bonchev–Trinajstić information content (AvgIpc) is 3.39. The van der Waals surface area contributed by atoms with Crippen molar-refractivity contribution in [2.75, 3.05) is 24.5 Å². The Hall–Kier alpha value is -3.22. The van der Waals surface area contributed by atoms with Gasteiger partial charge in [-0.05, 0) is 30.5 Å². The molecule has 4 aliphatic rings. The molecule has 1 atom stereocenters. The summed E-state index contributed by atoms with van der Waals surface area (Å²) in [5.74, 6) is 0.504. The first-order chi connectivity index (χ1) is 14.5. The Kier molecular flexibility index (Phi) is 3.47. The number of hydrogen-bond acceptors (Lipinski definition) is 5. The van der Waals surface area contributed by atoms with Crippen molar-refractivity contribution in [2.24, 2.45) is 0 Å². The van der Waals surface area contributed by atoms with Crippen molar-refractivity contribution in [1.82, 2.24) is 9.88 Å². The number of β-lactam (4-membered cyclic amide) rings is 1. The molecule has 2 aromatic rings. The molecule has 2 amide bonds. The number of hydrogen-bond donors (Lipinski definition) is 0. The van der Waals surface area contributed by atoms with Gasteiger partial charge >= 0.3 is 5.97 Å². The highest BCUT2D eigenvalue weighted by molar-refractivity contribution is 5.98. The molecular formula is C23H21N3O4. The van der Waals surface area contributed by atoms with Gasteiger partial charge in [0.1, 0.15) is 5.82 Å². The second-order valence-electron chi connectivity index (χ2n) is 8.69. The lowest BCUT2D eigenvalue weighted by atomic mass is 9.91. The normalized spacial score (nSPS) is 25.9. The summed E-state index contributed by atoms with van der Waals surface area (Å²) in [5, 5.41) is 0. The van der Waals surface area contributed by atoms with Crippen molar-refractivity contribution >= 4 is 23.6 Å². The van der Waals surface area contributed by atoms with E-state index < -0.39 is 11.0 Å². The van der Waals surface area contributed by atoms with Crippen LogP contribution in [-0.2, 0) is 25.3 Å². The highest BCUT2D eigenvalue weighted by atomic mass is 16.6. The number of nitrogens with zero attached hydrogens (tertiary/aromatic N) is 3. The summed E-state index contributed by atoms with van der Waals surface area (Å²) in [6, 6.07) is 11.2. The fourth-order valence-electron chi connectivity index (χ4n) is 5.04. The lowest BCUT2D eigenvalue weighted by Crippen LogP contribution is -2.44. The fraction of sp³-hybridized carbons (Fsp3) is 0.391. The lowest BCUT2D eigenvalue weighted by molar-refractivity contribution is -0.134. The number of rotatable bonds is 3. The molecule has 152 valence electrons. The van der Waals surface area contributed by atoms with E-state index >= 15 is 0 Å². The van der Waals surface area contributed by atoms with Crippen LogP contribution in [0.2, 0.25) is 0 Å². The second kappa shape index (κ2) is 5.90. The quantitative estimate of drug-likeness (QED) is 0.580. The van der Waals surface area contributed by atoms with Crippen molar-refractivity contribution in [3.8, 4) is 0 Å². The summed E-state index contributed by atoms with van der Waals surface area (Å²) < 4.78 is 5.79. The standard InChI is InChI=1S/C23H21N3O4/c27-19-7-11-26(19)18-6-5-15(13-24-18)22(8-9-22)21(29)25-12-10-23(14-25)17-4-2-1-3-16(17)20(28)30-23/h1-6,13H,7-12,14H2/t23-/m0/s1. The van der Waals surface area contributed by atoms with Crippen LogP contribution < -0.4 is 4.90 Å². The van der Waals surface area contributed by atoms with Gasteiger partial charge in [0.05, 0.1) is 17.5 Å². The molecule has 0 radical (unpaired) electrons. The Labute approximate surface area is 173 Å². The number of fused-ring (bicyclic) bond motifs is 2. The number of carbonyl (C=O) groups is 3. The Balaban J connectivity index is 1.24. The molecule has 1 saturated carbocycles. The van der Waals surface area contributed by atoms with Gasteiger partial charge in [-0.1, -0.05) is 24.3 Å². The molecule has 6 rings (SSSR count). The molecule has 7 heteroatoms. The summed E-state index contributed by atoms with van der Waals surface area (Å²) in [6.07, 6.45) is 4.50. The topological polar surface area (TPSA) is 79.8 Å². The van der Waals surface area contributed by atoms with E-state index in [4.69, 9.17) is 4.74 Å². The van der Waals surface area contributed by atoms with Crippen molar-refractivity contribution in [3.63, 3.8) is 0 Å². The SMILES string of the molecule is O=C1O[C@]2(CCN(C(=O)C3(c4ccc(N5CCC5=O)nc4)CC3)C2)c2ccccc21. The Bertz CT molecular complexity index is 1090. The van der Waals surface area contributed by atoms with Gasteiger partial charge in [0.15, 0.2) is 5.60 Å². The zero-order chi connectivity index (χ0) is 20.5. The monoisotopic (exact) mass is 403 g/mol. The van der Waals surface area contributed by atoms with Crippen molar-refractivity contribution in [3.05, 3.63) is 59.3 Å². The van der Waals surface area contributed by atoms with E-state index in [0.717, 1.165) is 24.0 Å². The predicted octanol–water partition coefficient (Wildman–Crippen LogP) is 2.15. The van der Waals surface area contributed by atoms with Crippen LogP contribution in [0.25, 0.3) is 0 Å². The summed E-state index contributed by atoms with van der Waals surface area (Å²) in [6.45, 7) is 1.66. The zero-order valence-electron chi connectivity index (χ0n) is 16.5. The van der Waals surface area contributed by atoms with Crippen LogP contribution in [0, 0.1) is 0 Å². The first-order valence-electron chi connectivity index (χ1n) is 10.4. The number of esters is 1. The van der Waals surface area contributed by atoms with Crippen LogP contribution >= 0.6 is 0 Å². The Morgan fingerprint density at radius 2 is 1.87 bits per heavy atom. The third kappa shape index (κ3) is 2.32. The number of likely N-dealkylation sites (tertiary alicyclic amines) is 1. The van der Waals surface area contributed by atoms with Gasteiger partial charge in [-0.3, -0.25) is 14.5 Å². The molecule has 7 nitrogen and oxygen atoms in total. The van der Waals surface area contributed by atoms with Crippen LogP contribution in [0.5, 0.6) is 0 Å². The number of aromatic nitrogens is 1. The smallest absolute Gasteiger partial charge is 0.339 e. The van der Waals surface area contributed by atoms with Gasteiger partial charge in [0, 0.05) is 37.7 Å². The molecule has 0 bridgehead atoms. The van der Waals surface area contributed by atoms with E-state index in [1.165, 1.54) is 0 Å². The first-order valence-corrected chi connectivity index (χ1v) is 10.4. The van der Waals surface area contributed by atoms with Gasteiger partial charge in [-0.25, -0.2) is 9.78 Å². The molecule has 1 aromatic carbocycles. The minimum atomic E-state index is -0.723. The minimum Gasteiger partial charge on any atom is -0.449 e. The molecule has 3 aliphatic heterocycles. The van der Waals surface area contributed by atoms with Crippen molar-refractivity contribution in [2.45, 2.75) is 36.7 Å². The molecule has 0 unspecified atom stereocenters. The third-order valence-electron chi connectivity index (χ3n) is 7.03. The molecule has 2 saturated heterocycles. The van der Waals surface area contributed by atoms with Crippen molar-refractivity contribution < 1.29 is 19.1 Å². The van der Waals surface area contributed by atoms with E-state index in [0.29, 0.717) is 43.9 Å². The van der Waals surface area contributed by atoms with E-state index in [9.17, 15) is 14.4 Å². The number of carbonyl (C=O) groups excluding carboxylic acids is 3. The summed E-state index contributed by atoms with van der Waals surface area (Å²) >= 11 is 0. The lowest BCUT2D eigenvalue weighted by Gasteiger charge is -2.30. The predicted molar refractivity (Wildman–Crippen MR) is 107 cm³/mol. The molecule has 1 spiro atoms. The average molecular weight is 403 g/mol. The van der Waals surface area contributed by atoms with Crippen LogP contribution in [0.15, 0.2) is 42.6 Å². The van der Waals surface area contributed by atoms with E-state index in [1.807, 2.05) is 35.2 Å². The van der Waals surface area contributed by atoms with E-state index in [2.05, 4.69) is 4.98 Å². The largest absolute Gasteiger partial charge is 0.449 e. The molecule has 1 aromatic heterocycles. The summed E-state index contributed by atoms with van der Waals surface area (Å²) in [5.41, 5.74) is 1.12. The maximum Gasteiger partial charge on any atom is 0.339 e. The van der Waals surface area contributed by atoms with E-state index in [1.54, 1.807) is 17.2 Å². The number of anilines is 1.